The lowest BCUT2D eigenvalue weighted by Crippen LogP contribution is -2.34. The average molecular weight is 479 g/mol. The van der Waals surface area contributed by atoms with Crippen molar-refractivity contribution in [3.63, 3.8) is 0 Å². The summed E-state index contributed by atoms with van der Waals surface area (Å²) in [5.41, 5.74) is 2.23. The predicted octanol–water partition coefficient (Wildman–Crippen LogP) is 5.40. The smallest absolute Gasteiger partial charge is 0.311 e. The van der Waals surface area contributed by atoms with Gasteiger partial charge in [-0.25, -0.2) is 4.98 Å². The van der Waals surface area contributed by atoms with Crippen LogP contribution in [0, 0.1) is 10.1 Å². The minimum absolute atomic E-state index is 0.0603. The van der Waals surface area contributed by atoms with Crippen molar-refractivity contribution in [2.24, 2.45) is 0 Å². The molecule has 33 heavy (non-hydrogen) atoms. The Bertz CT molecular complexity index is 1340. The summed E-state index contributed by atoms with van der Waals surface area (Å²) >= 11 is 6.87. The Hall–Kier alpha value is -3.89. The number of aromatic nitrogens is 1. The van der Waals surface area contributed by atoms with Crippen LogP contribution < -0.4 is 15.4 Å². The van der Waals surface area contributed by atoms with Crippen LogP contribution in [0.15, 0.2) is 66.7 Å². The van der Waals surface area contributed by atoms with Crippen LogP contribution in [0.5, 0.6) is 5.75 Å². The number of para-hydroxylation sites is 2. The molecular weight excluding hydrogens is 460 g/mol. The third-order valence-corrected chi connectivity index (χ3v) is 5.92. The standard InChI is InChI=1S/C23H18N4O4S2/c1-2-31-19-12-11-14(13-18(19)27(29)30)21(28)26-23(32)25-16-8-4-3-7-15(16)22-24-17-9-5-6-10-20(17)33-22/h3-13H,2H2,1H3,(H2,25,26,28,32). The van der Waals surface area contributed by atoms with E-state index in [4.69, 9.17) is 17.0 Å². The van der Waals surface area contributed by atoms with Gasteiger partial charge in [-0.3, -0.25) is 20.2 Å². The number of thiocarbonyl (C=S) groups is 1. The van der Waals surface area contributed by atoms with Gasteiger partial charge in [0.2, 0.25) is 0 Å². The third-order valence-electron chi connectivity index (χ3n) is 4.64. The zero-order chi connectivity index (χ0) is 23.4. The van der Waals surface area contributed by atoms with E-state index in [0.717, 1.165) is 26.9 Å². The fourth-order valence-electron chi connectivity index (χ4n) is 3.17. The fraction of sp³-hybridized carbons (Fsp3) is 0.0870. The largest absolute Gasteiger partial charge is 0.487 e. The van der Waals surface area contributed by atoms with E-state index in [-0.39, 0.29) is 28.7 Å². The number of nitro groups is 1. The highest BCUT2D eigenvalue weighted by molar-refractivity contribution is 7.80. The first-order valence-electron chi connectivity index (χ1n) is 9.95. The molecule has 2 N–H and O–H groups in total. The Kier molecular flexibility index (Phi) is 6.57. The van der Waals surface area contributed by atoms with Gasteiger partial charge in [-0.2, -0.15) is 0 Å². The van der Waals surface area contributed by atoms with Crippen molar-refractivity contribution < 1.29 is 14.5 Å². The van der Waals surface area contributed by atoms with Gasteiger partial charge in [0.25, 0.3) is 5.91 Å². The maximum Gasteiger partial charge on any atom is 0.311 e. The normalized spacial score (nSPS) is 10.6. The molecule has 3 aromatic carbocycles. The van der Waals surface area contributed by atoms with E-state index in [9.17, 15) is 14.9 Å². The zero-order valence-corrected chi connectivity index (χ0v) is 19.0. The molecule has 0 spiro atoms. The van der Waals surface area contributed by atoms with Crippen LogP contribution in [-0.4, -0.2) is 27.5 Å². The molecule has 1 aromatic heterocycles. The number of fused-ring (bicyclic) bond motifs is 1. The second kappa shape index (κ2) is 9.72. The molecule has 0 aliphatic heterocycles. The summed E-state index contributed by atoms with van der Waals surface area (Å²) in [5.74, 6) is -0.472. The molecular formula is C23H18N4O4S2. The van der Waals surface area contributed by atoms with Gasteiger partial charge in [0.05, 0.1) is 27.4 Å². The van der Waals surface area contributed by atoms with Gasteiger partial charge in [0.1, 0.15) is 5.01 Å². The van der Waals surface area contributed by atoms with E-state index >= 15 is 0 Å². The van der Waals surface area contributed by atoms with Crippen LogP contribution in [0.25, 0.3) is 20.8 Å². The minimum atomic E-state index is -0.591. The van der Waals surface area contributed by atoms with Crippen LogP contribution in [0.4, 0.5) is 11.4 Å². The summed E-state index contributed by atoms with van der Waals surface area (Å²) in [4.78, 5) is 28.1. The molecule has 1 amide bonds. The van der Waals surface area contributed by atoms with Crippen LogP contribution in [0.1, 0.15) is 17.3 Å². The van der Waals surface area contributed by atoms with Gasteiger partial charge in [0, 0.05) is 17.2 Å². The van der Waals surface area contributed by atoms with Gasteiger partial charge in [-0.15, -0.1) is 11.3 Å². The quantitative estimate of drug-likeness (QED) is 0.217. The van der Waals surface area contributed by atoms with E-state index in [1.165, 1.54) is 12.1 Å². The zero-order valence-electron chi connectivity index (χ0n) is 17.4. The summed E-state index contributed by atoms with van der Waals surface area (Å²) < 4.78 is 6.32. The van der Waals surface area contributed by atoms with Crippen molar-refractivity contribution >= 4 is 56.2 Å². The SMILES string of the molecule is CCOc1ccc(C(=O)NC(=S)Nc2ccccc2-c2nc3ccccc3s2)cc1[N+](=O)[O-]. The highest BCUT2D eigenvalue weighted by Crippen LogP contribution is 2.34. The molecule has 0 bridgehead atoms. The van der Waals surface area contributed by atoms with Crippen molar-refractivity contribution in [2.45, 2.75) is 6.92 Å². The number of hydrogen-bond acceptors (Lipinski definition) is 7. The highest BCUT2D eigenvalue weighted by atomic mass is 32.1. The summed E-state index contributed by atoms with van der Waals surface area (Å²) in [6.07, 6.45) is 0. The van der Waals surface area contributed by atoms with Crippen LogP contribution in [0.2, 0.25) is 0 Å². The van der Waals surface area contributed by atoms with E-state index in [2.05, 4.69) is 15.6 Å². The molecule has 0 saturated carbocycles. The first kappa shape index (κ1) is 22.3. The molecule has 0 atom stereocenters. The van der Waals surface area contributed by atoms with Crippen LogP contribution >= 0.6 is 23.6 Å². The number of ether oxygens (including phenoxy) is 1. The number of carbonyl (C=O) groups is 1. The van der Waals surface area contributed by atoms with Gasteiger partial charge in [-0.05, 0) is 55.5 Å². The van der Waals surface area contributed by atoms with E-state index in [0.29, 0.717) is 5.69 Å². The molecule has 0 aliphatic rings. The van der Waals surface area contributed by atoms with E-state index in [1.807, 2.05) is 48.5 Å². The summed E-state index contributed by atoms with van der Waals surface area (Å²) in [5, 5.41) is 17.8. The summed E-state index contributed by atoms with van der Waals surface area (Å²) in [6, 6.07) is 19.4. The number of rotatable bonds is 6. The third kappa shape index (κ3) is 4.97. The van der Waals surface area contributed by atoms with Gasteiger partial charge >= 0.3 is 5.69 Å². The van der Waals surface area contributed by atoms with Gasteiger partial charge < -0.3 is 10.1 Å². The molecule has 166 valence electrons. The van der Waals surface area contributed by atoms with Crippen molar-refractivity contribution in [3.05, 3.63) is 82.4 Å². The number of anilines is 1. The maximum atomic E-state index is 12.6. The number of benzene rings is 3. The molecule has 0 aliphatic carbocycles. The Morgan fingerprint density at radius 2 is 1.91 bits per heavy atom. The van der Waals surface area contributed by atoms with E-state index in [1.54, 1.807) is 18.3 Å². The minimum Gasteiger partial charge on any atom is -0.487 e. The molecule has 8 nitrogen and oxygen atoms in total. The Labute approximate surface area is 198 Å². The number of thiazole rings is 1. The molecule has 0 fully saturated rings. The van der Waals surface area contributed by atoms with Crippen molar-refractivity contribution in [3.8, 4) is 16.3 Å². The number of nitrogens with one attached hydrogen (secondary N) is 2. The lowest BCUT2D eigenvalue weighted by molar-refractivity contribution is -0.385. The average Bonchev–Trinajstić information content (AvgIpc) is 3.23. The summed E-state index contributed by atoms with van der Waals surface area (Å²) in [6.45, 7) is 2.00. The topological polar surface area (TPSA) is 106 Å². The van der Waals surface area contributed by atoms with Gasteiger partial charge in [0.15, 0.2) is 10.9 Å². The number of carbonyl (C=O) groups excluding carboxylic acids is 1. The Morgan fingerprint density at radius 3 is 2.67 bits per heavy atom. The second-order valence-electron chi connectivity index (χ2n) is 6.81. The molecule has 0 unspecified atom stereocenters. The van der Waals surface area contributed by atoms with Crippen LogP contribution in [-0.2, 0) is 0 Å². The molecule has 0 radical (unpaired) electrons. The predicted molar refractivity (Wildman–Crippen MR) is 133 cm³/mol. The molecule has 4 aromatic rings. The highest BCUT2D eigenvalue weighted by Gasteiger charge is 2.19. The molecule has 1 heterocycles. The van der Waals surface area contributed by atoms with E-state index < -0.39 is 10.8 Å². The van der Waals surface area contributed by atoms with Crippen molar-refractivity contribution in [1.29, 1.82) is 0 Å². The lowest BCUT2D eigenvalue weighted by Gasteiger charge is -2.12. The first-order valence-corrected chi connectivity index (χ1v) is 11.2. The molecule has 0 saturated heterocycles. The van der Waals surface area contributed by atoms with Crippen LogP contribution in [0.3, 0.4) is 0 Å². The number of hydrogen-bond donors (Lipinski definition) is 2. The van der Waals surface area contributed by atoms with Gasteiger partial charge in [-0.1, -0.05) is 24.3 Å². The Morgan fingerprint density at radius 1 is 1.15 bits per heavy atom. The second-order valence-corrected chi connectivity index (χ2v) is 8.25. The lowest BCUT2D eigenvalue weighted by atomic mass is 10.1. The summed E-state index contributed by atoms with van der Waals surface area (Å²) in [7, 11) is 0. The first-order chi connectivity index (χ1) is 16.0. The van der Waals surface area contributed by atoms with Crippen molar-refractivity contribution in [1.82, 2.24) is 10.3 Å². The number of nitrogens with zero attached hydrogens (tertiary/aromatic N) is 2. The fourth-order valence-corrected chi connectivity index (χ4v) is 4.38. The molecule has 10 heteroatoms. The number of amides is 1. The Balaban J connectivity index is 1.52. The monoisotopic (exact) mass is 478 g/mol. The maximum absolute atomic E-state index is 12.6. The van der Waals surface area contributed by atoms with Crippen molar-refractivity contribution in [2.75, 3.05) is 11.9 Å². The number of nitro benzene ring substituents is 1. The molecule has 4 rings (SSSR count).